The van der Waals surface area contributed by atoms with Gasteiger partial charge in [0.05, 0.1) is 12.2 Å². The van der Waals surface area contributed by atoms with Gasteiger partial charge in [-0.3, -0.25) is 0 Å². The number of hydrogen-bond donors (Lipinski definition) is 0. The standard InChI is InChI=1S/C14H18FNO2/c15-13-9-12(7-8-16-13)14(17)18-10-11-5-3-1-2-4-6-11/h7-9,11H,1-6,10H2. The minimum atomic E-state index is -0.654. The number of aromatic nitrogens is 1. The molecule has 1 heterocycles. The molecule has 0 amide bonds. The second-order valence-corrected chi connectivity index (χ2v) is 4.82. The van der Waals surface area contributed by atoms with E-state index in [4.69, 9.17) is 4.74 Å². The summed E-state index contributed by atoms with van der Waals surface area (Å²) in [6.45, 7) is 0.447. The van der Waals surface area contributed by atoms with Crippen molar-refractivity contribution >= 4 is 5.97 Å². The van der Waals surface area contributed by atoms with Crippen molar-refractivity contribution in [1.29, 1.82) is 0 Å². The fraction of sp³-hybridized carbons (Fsp3) is 0.571. The lowest BCUT2D eigenvalue weighted by Crippen LogP contribution is -2.14. The maximum atomic E-state index is 12.9. The van der Waals surface area contributed by atoms with Gasteiger partial charge in [-0.15, -0.1) is 0 Å². The third kappa shape index (κ3) is 3.79. The Morgan fingerprint density at radius 1 is 1.33 bits per heavy atom. The van der Waals surface area contributed by atoms with E-state index in [-0.39, 0.29) is 5.56 Å². The lowest BCUT2D eigenvalue weighted by molar-refractivity contribution is 0.0427. The first kappa shape index (κ1) is 13.0. The summed E-state index contributed by atoms with van der Waals surface area (Å²) in [5.74, 6) is -0.650. The molecule has 1 aliphatic rings. The zero-order chi connectivity index (χ0) is 12.8. The summed E-state index contributed by atoms with van der Waals surface area (Å²) < 4.78 is 18.1. The number of ether oxygens (including phenoxy) is 1. The van der Waals surface area contributed by atoms with Crippen molar-refractivity contribution in [2.24, 2.45) is 5.92 Å². The predicted octanol–water partition coefficient (Wildman–Crippen LogP) is 3.35. The van der Waals surface area contributed by atoms with Crippen molar-refractivity contribution in [1.82, 2.24) is 4.98 Å². The van der Waals surface area contributed by atoms with Crippen LogP contribution in [-0.2, 0) is 4.74 Å². The highest BCUT2D eigenvalue weighted by Crippen LogP contribution is 2.23. The van der Waals surface area contributed by atoms with E-state index in [1.54, 1.807) is 0 Å². The van der Waals surface area contributed by atoms with E-state index < -0.39 is 11.9 Å². The zero-order valence-corrected chi connectivity index (χ0v) is 10.4. The largest absolute Gasteiger partial charge is 0.462 e. The van der Waals surface area contributed by atoms with Crippen molar-refractivity contribution in [2.45, 2.75) is 38.5 Å². The molecule has 0 radical (unpaired) electrons. The Morgan fingerprint density at radius 3 is 2.72 bits per heavy atom. The van der Waals surface area contributed by atoms with Gasteiger partial charge in [-0.25, -0.2) is 9.78 Å². The van der Waals surface area contributed by atoms with E-state index in [9.17, 15) is 9.18 Å². The molecule has 1 aromatic rings. The van der Waals surface area contributed by atoms with Crippen LogP contribution in [-0.4, -0.2) is 17.6 Å². The second-order valence-electron chi connectivity index (χ2n) is 4.82. The fourth-order valence-corrected chi connectivity index (χ4v) is 2.34. The molecule has 18 heavy (non-hydrogen) atoms. The monoisotopic (exact) mass is 251 g/mol. The van der Waals surface area contributed by atoms with Crippen LogP contribution in [0, 0.1) is 11.9 Å². The number of hydrogen-bond acceptors (Lipinski definition) is 3. The van der Waals surface area contributed by atoms with Crippen LogP contribution < -0.4 is 0 Å². The second kappa shape index (κ2) is 6.47. The summed E-state index contributed by atoms with van der Waals surface area (Å²) in [5.41, 5.74) is 0.233. The van der Waals surface area contributed by atoms with Crippen LogP contribution in [0.2, 0.25) is 0 Å². The third-order valence-corrected chi connectivity index (χ3v) is 3.39. The summed E-state index contributed by atoms with van der Waals surface area (Å²) in [5, 5.41) is 0. The van der Waals surface area contributed by atoms with Crippen molar-refractivity contribution in [3.8, 4) is 0 Å². The number of esters is 1. The average Bonchev–Trinajstić information content (AvgIpc) is 2.64. The Labute approximate surface area is 106 Å². The van der Waals surface area contributed by atoms with Crippen LogP contribution in [0.5, 0.6) is 0 Å². The molecule has 4 heteroatoms. The fourth-order valence-electron chi connectivity index (χ4n) is 2.34. The molecule has 0 unspecified atom stereocenters. The van der Waals surface area contributed by atoms with Gasteiger partial charge in [-0.05, 0) is 24.8 Å². The van der Waals surface area contributed by atoms with Gasteiger partial charge in [0.2, 0.25) is 5.95 Å². The van der Waals surface area contributed by atoms with Crippen molar-refractivity contribution < 1.29 is 13.9 Å². The van der Waals surface area contributed by atoms with Gasteiger partial charge in [-0.2, -0.15) is 4.39 Å². The lowest BCUT2D eigenvalue weighted by Gasteiger charge is -2.13. The molecule has 0 bridgehead atoms. The third-order valence-electron chi connectivity index (χ3n) is 3.39. The first-order valence-corrected chi connectivity index (χ1v) is 6.54. The normalized spacial score (nSPS) is 17.2. The molecule has 0 aromatic carbocycles. The van der Waals surface area contributed by atoms with E-state index in [2.05, 4.69) is 4.98 Å². The molecule has 0 atom stereocenters. The van der Waals surface area contributed by atoms with E-state index in [0.717, 1.165) is 18.9 Å². The maximum absolute atomic E-state index is 12.9. The number of halogens is 1. The predicted molar refractivity (Wildman–Crippen MR) is 65.7 cm³/mol. The van der Waals surface area contributed by atoms with E-state index in [1.165, 1.54) is 37.9 Å². The van der Waals surface area contributed by atoms with Crippen molar-refractivity contribution in [3.05, 3.63) is 29.8 Å². The first-order chi connectivity index (χ1) is 8.75. The molecule has 0 aliphatic heterocycles. The van der Waals surface area contributed by atoms with Gasteiger partial charge in [0.1, 0.15) is 0 Å². The topological polar surface area (TPSA) is 39.2 Å². The molecule has 0 saturated heterocycles. The van der Waals surface area contributed by atoms with Gasteiger partial charge in [0, 0.05) is 12.3 Å². The van der Waals surface area contributed by atoms with Crippen LogP contribution >= 0.6 is 0 Å². The maximum Gasteiger partial charge on any atom is 0.338 e. The SMILES string of the molecule is O=C(OCC1CCCCCC1)c1ccnc(F)c1. The molecule has 1 aliphatic carbocycles. The lowest BCUT2D eigenvalue weighted by atomic mass is 10.0. The highest BCUT2D eigenvalue weighted by Gasteiger charge is 2.15. The Morgan fingerprint density at radius 2 is 2.06 bits per heavy atom. The summed E-state index contributed by atoms with van der Waals surface area (Å²) in [7, 11) is 0. The number of pyridine rings is 1. The minimum absolute atomic E-state index is 0.233. The molecule has 1 fully saturated rings. The Kier molecular flexibility index (Phi) is 4.67. The van der Waals surface area contributed by atoms with Gasteiger partial charge in [0.25, 0.3) is 0 Å². The first-order valence-electron chi connectivity index (χ1n) is 6.54. The summed E-state index contributed by atoms with van der Waals surface area (Å²) in [4.78, 5) is 15.1. The summed E-state index contributed by atoms with van der Waals surface area (Å²) in [6, 6.07) is 2.58. The Bertz CT molecular complexity index is 401. The molecule has 0 spiro atoms. The smallest absolute Gasteiger partial charge is 0.338 e. The van der Waals surface area contributed by atoms with Gasteiger partial charge in [0.15, 0.2) is 0 Å². The van der Waals surface area contributed by atoms with E-state index >= 15 is 0 Å². The number of rotatable bonds is 3. The number of carbonyl (C=O) groups excluding carboxylic acids is 1. The average molecular weight is 251 g/mol. The van der Waals surface area contributed by atoms with Crippen LogP contribution in [0.25, 0.3) is 0 Å². The molecule has 3 nitrogen and oxygen atoms in total. The van der Waals surface area contributed by atoms with Crippen LogP contribution in [0.3, 0.4) is 0 Å². The van der Waals surface area contributed by atoms with Crippen LogP contribution in [0.4, 0.5) is 4.39 Å². The van der Waals surface area contributed by atoms with Gasteiger partial charge >= 0.3 is 5.97 Å². The number of carbonyl (C=O) groups is 1. The van der Waals surface area contributed by atoms with Gasteiger partial charge < -0.3 is 4.74 Å². The van der Waals surface area contributed by atoms with Gasteiger partial charge in [-0.1, -0.05) is 25.7 Å². The van der Waals surface area contributed by atoms with E-state index in [1.807, 2.05) is 0 Å². The van der Waals surface area contributed by atoms with Crippen molar-refractivity contribution in [3.63, 3.8) is 0 Å². The summed E-state index contributed by atoms with van der Waals surface area (Å²) >= 11 is 0. The number of nitrogens with zero attached hydrogens (tertiary/aromatic N) is 1. The van der Waals surface area contributed by atoms with Crippen LogP contribution in [0.15, 0.2) is 18.3 Å². The Hall–Kier alpha value is -1.45. The minimum Gasteiger partial charge on any atom is -0.462 e. The molecule has 1 aromatic heterocycles. The van der Waals surface area contributed by atoms with Crippen molar-refractivity contribution in [2.75, 3.05) is 6.61 Å². The summed E-state index contributed by atoms with van der Waals surface area (Å²) in [6.07, 6.45) is 8.51. The molecular formula is C14H18FNO2. The quantitative estimate of drug-likeness (QED) is 0.470. The van der Waals surface area contributed by atoms with E-state index in [0.29, 0.717) is 12.5 Å². The molecular weight excluding hydrogens is 233 g/mol. The highest BCUT2D eigenvalue weighted by atomic mass is 19.1. The molecule has 2 rings (SSSR count). The molecule has 0 N–H and O–H groups in total. The zero-order valence-electron chi connectivity index (χ0n) is 10.4. The molecule has 1 saturated carbocycles. The van der Waals surface area contributed by atoms with Crippen LogP contribution in [0.1, 0.15) is 48.9 Å². The highest BCUT2D eigenvalue weighted by molar-refractivity contribution is 5.89. The molecule has 98 valence electrons. The Balaban J connectivity index is 1.84.